The van der Waals surface area contributed by atoms with Crippen molar-refractivity contribution >= 4 is 5.82 Å². The smallest absolute Gasteiger partial charge is 0.126 e. The van der Waals surface area contributed by atoms with E-state index < -0.39 is 0 Å². The lowest BCUT2D eigenvalue weighted by Gasteiger charge is -2.21. The van der Waals surface area contributed by atoms with Crippen LogP contribution in [0.25, 0.3) is 0 Å². The Bertz CT molecular complexity index is 359. The largest absolute Gasteiger partial charge is 0.384 e. The molecule has 0 radical (unpaired) electrons. The quantitative estimate of drug-likeness (QED) is 0.833. The van der Waals surface area contributed by atoms with Gasteiger partial charge in [-0.05, 0) is 18.8 Å². The molecule has 0 spiro atoms. The van der Waals surface area contributed by atoms with Gasteiger partial charge in [-0.25, -0.2) is 4.98 Å². The summed E-state index contributed by atoms with van der Waals surface area (Å²) in [4.78, 5) is 4.77. The van der Waals surface area contributed by atoms with Crippen LogP contribution in [0.3, 0.4) is 0 Å². The number of hydrogen-bond donors (Lipinski definition) is 1. The summed E-state index contributed by atoms with van der Waals surface area (Å²) >= 11 is 0. The molecule has 0 saturated heterocycles. The molecule has 3 heteroatoms. The summed E-state index contributed by atoms with van der Waals surface area (Å²) in [7, 11) is 2.05. The second kappa shape index (κ2) is 4.48. The predicted molar refractivity (Wildman–Crippen MR) is 67.5 cm³/mol. The Morgan fingerprint density at radius 1 is 1.25 bits per heavy atom. The predicted octanol–water partition coefficient (Wildman–Crippen LogP) is 3.17. The lowest BCUT2D eigenvalue weighted by Crippen LogP contribution is -2.11. The molecule has 1 heterocycles. The van der Waals surface area contributed by atoms with Crippen LogP contribution in [-0.2, 0) is 7.05 Å². The number of nitrogens with two attached hydrogens (primary N) is 1. The summed E-state index contributed by atoms with van der Waals surface area (Å²) in [5, 5.41) is 0. The molecule has 1 aliphatic rings. The molecule has 0 unspecified atom stereocenters. The molecule has 1 saturated carbocycles. The van der Waals surface area contributed by atoms with Crippen molar-refractivity contribution in [3.8, 4) is 0 Å². The highest BCUT2D eigenvalue weighted by molar-refractivity contribution is 5.40. The van der Waals surface area contributed by atoms with E-state index in [1.54, 1.807) is 0 Å². The third-order valence-electron chi connectivity index (χ3n) is 3.72. The highest BCUT2D eigenvalue weighted by Gasteiger charge is 2.23. The summed E-state index contributed by atoms with van der Waals surface area (Å²) in [5.74, 6) is 3.12. The van der Waals surface area contributed by atoms with Crippen LogP contribution in [0.15, 0.2) is 0 Å². The van der Waals surface area contributed by atoms with Gasteiger partial charge in [0.25, 0.3) is 0 Å². The fourth-order valence-corrected chi connectivity index (χ4v) is 2.70. The van der Waals surface area contributed by atoms with Crippen molar-refractivity contribution < 1.29 is 0 Å². The van der Waals surface area contributed by atoms with Gasteiger partial charge >= 0.3 is 0 Å². The highest BCUT2D eigenvalue weighted by Crippen LogP contribution is 2.34. The van der Waals surface area contributed by atoms with Crippen LogP contribution in [0, 0.1) is 0 Å². The van der Waals surface area contributed by atoms with Gasteiger partial charge in [-0.1, -0.05) is 33.1 Å². The molecule has 0 aliphatic heterocycles. The third kappa shape index (κ3) is 1.95. The van der Waals surface area contributed by atoms with Crippen LogP contribution in [0.1, 0.15) is 69.3 Å². The zero-order chi connectivity index (χ0) is 11.7. The molecule has 16 heavy (non-hydrogen) atoms. The van der Waals surface area contributed by atoms with E-state index in [1.807, 2.05) is 0 Å². The normalized spacial score (nSPS) is 18.2. The number of nitrogen functional groups attached to an aromatic ring is 1. The summed E-state index contributed by atoms with van der Waals surface area (Å²) in [6, 6.07) is 0. The number of rotatable bonds is 2. The number of imidazole rings is 1. The van der Waals surface area contributed by atoms with Crippen LogP contribution < -0.4 is 5.73 Å². The molecular formula is C13H23N3. The van der Waals surface area contributed by atoms with Gasteiger partial charge in [0, 0.05) is 13.0 Å². The maximum atomic E-state index is 6.11. The van der Waals surface area contributed by atoms with Crippen LogP contribution in [0.2, 0.25) is 0 Å². The second-order valence-electron chi connectivity index (χ2n) is 5.29. The van der Waals surface area contributed by atoms with Gasteiger partial charge in [-0.15, -0.1) is 0 Å². The average Bonchev–Trinajstić information content (AvgIpc) is 2.58. The summed E-state index contributed by atoms with van der Waals surface area (Å²) < 4.78 is 2.10. The zero-order valence-electron chi connectivity index (χ0n) is 10.7. The molecule has 2 rings (SSSR count). The minimum absolute atomic E-state index is 0.420. The molecule has 2 N–H and O–H groups in total. The van der Waals surface area contributed by atoms with Crippen molar-refractivity contribution in [1.29, 1.82) is 0 Å². The van der Waals surface area contributed by atoms with Crippen molar-refractivity contribution in [2.75, 3.05) is 5.73 Å². The van der Waals surface area contributed by atoms with E-state index in [0.29, 0.717) is 11.8 Å². The molecule has 0 bridgehead atoms. The number of anilines is 1. The van der Waals surface area contributed by atoms with Gasteiger partial charge in [0.15, 0.2) is 0 Å². The Kier molecular flexibility index (Phi) is 3.22. The van der Waals surface area contributed by atoms with E-state index in [4.69, 9.17) is 10.7 Å². The van der Waals surface area contributed by atoms with E-state index >= 15 is 0 Å². The van der Waals surface area contributed by atoms with Crippen molar-refractivity contribution in [3.05, 3.63) is 11.5 Å². The van der Waals surface area contributed by atoms with Crippen molar-refractivity contribution in [1.82, 2.24) is 9.55 Å². The Hall–Kier alpha value is -0.990. The van der Waals surface area contributed by atoms with E-state index in [9.17, 15) is 0 Å². The van der Waals surface area contributed by atoms with Crippen LogP contribution >= 0.6 is 0 Å². The molecule has 3 nitrogen and oxygen atoms in total. The third-order valence-corrected chi connectivity index (χ3v) is 3.72. The van der Waals surface area contributed by atoms with Gasteiger partial charge < -0.3 is 10.3 Å². The fourth-order valence-electron chi connectivity index (χ4n) is 2.70. The standard InChI is InChI=1S/C13H23N3/c1-9(2)11-12(14)16(3)13(15-11)10-7-5-4-6-8-10/h9-10H,4-8,14H2,1-3H3. The molecule has 1 aromatic rings. The summed E-state index contributed by atoms with van der Waals surface area (Å²) in [6.45, 7) is 4.31. The van der Waals surface area contributed by atoms with E-state index in [2.05, 4.69) is 25.5 Å². The Morgan fingerprint density at radius 3 is 2.38 bits per heavy atom. The van der Waals surface area contributed by atoms with Crippen LogP contribution in [0.5, 0.6) is 0 Å². The lowest BCUT2D eigenvalue weighted by molar-refractivity contribution is 0.421. The van der Waals surface area contributed by atoms with Gasteiger partial charge in [-0.3, -0.25) is 0 Å². The minimum Gasteiger partial charge on any atom is -0.384 e. The van der Waals surface area contributed by atoms with Crippen molar-refractivity contribution in [3.63, 3.8) is 0 Å². The molecule has 0 aromatic carbocycles. The molecular weight excluding hydrogens is 198 g/mol. The number of hydrogen-bond acceptors (Lipinski definition) is 2. The average molecular weight is 221 g/mol. The molecule has 0 amide bonds. The number of nitrogens with zero attached hydrogens (tertiary/aromatic N) is 2. The van der Waals surface area contributed by atoms with Crippen LogP contribution in [0.4, 0.5) is 5.82 Å². The number of aromatic nitrogens is 2. The van der Waals surface area contributed by atoms with Gasteiger partial charge in [0.2, 0.25) is 0 Å². The molecule has 1 aliphatic carbocycles. The Labute approximate surface area is 98.1 Å². The minimum atomic E-state index is 0.420. The first kappa shape index (κ1) is 11.5. The zero-order valence-corrected chi connectivity index (χ0v) is 10.7. The molecule has 90 valence electrons. The van der Waals surface area contributed by atoms with E-state index in [-0.39, 0.29) is 0 Å². The van der Waals surface area contributed by atoms with Gasteiger partial charge in [-0.2, -0.15) is 0 Å². The Morgan fingerprint density at radius 2 is 1.88 bits per heavy atom. The van der Waals surface area contributed by atoms with Crippen molar-refractivity contribution in [2.45, 2.75) is 57.8 Å². The molecule has 1 fully saturated rings. The molecule has 0 atom stereocenters. The first-order valence-electron chi connectivity index (χ1n) is 6.43. The topological polar surface area (TPSA) is 43.8 Å². The lowest BCUT2D eigenvalue weighted by atomic mass is 9.89. The fraction of sp³-hybridized carbons (Fsp3) is 0.769. The SMILES string of the molecule is CC(C)c1nc(C2CCCCC2)n(C)c1N. The van der Waals surface area contributed by atoms with Crippen LogP contribution in [-0.4, -0.2) is 9.55 Å². The van der Waals surface area contributed by atoms with Gasteiger partial charge in [0.1, 0.15) is 11.6 Å². The van der Waals surface area contributed by atoms with E-state index in [0.717, 1.165) is 11.5 Å². The summed E-state index contributed by atoms with van der Waals surface area (Å²) in [5.41, 5.74) is 7.18. The Balaban J connectivity index is 2.30. The maximum Gasteiger partial charge on any atom is 0.126 e. The summed E-state index contributed by atoms with van der Waals surface area (Å²) in [6.07, 6.45) is 6.62. The first-order chi connectivity index (χ1) is 7.61. The van der Waals surface area contributed by atoms with E-state index in [1.165, 1.54) is 37.9 Å². The van der Waals surface area contributed by atoms with Gasteiger partial charge in [0.05, 0.1) is 5.69 Å². The monoisotopic (exact) mass is 221 g/mol. The molecule has 1 aromatic heterocycles. The highest BCUT2D eigenvalue weighted by atomic mass is 15.1. The first-order valence-corrected chi connectivity index (χ1v) is 6.43. The van der Waals surface area contributed by atoms with Crippen molar-refractivity contribution in [2.24, 2.45) is 7.05 Å². The second-order valence-corrected chi connectivity index (χ2v) is 5.29. The maximum absolute atomic E-state index is 6.11.